The van der Waals surface area contributed by atoms with Crippen LogP contribution in [0.15, 0.2) is 0 Å². The van der Waals surface area contributed by atoms with Gasteiger partial charge in [-0.05, 0) is 26.9 Å². The first-order chi connectivity index (χ1) is 6.15. The van der Waals surface area contributed by atoms with Crippen LogP contribution in [0.1, 0.15) is 12.8 Å². The average molecular weight is 186 g/mol. The Morgan fingerprint density at radius 2 is 2.15 bits per heavy atom. The summed E-state index contributed by atoms with van der Waals surface area (Å²) in [5.74, 6) is -0.141. The molecule has 4 nitrogen and oxygen atoms in total. The number of nitrogens with one attached hydrogen (secondary N) is 1. The average Bonchev–Trinajstić information content (AvgIpc) is 2.17. The van der Waals surface area contributed by atoms with Crippen LogP contribution in [0.4, 0.5) is 0 Å². The third kappa shape index (κ3) is 2.67. The largest absolute Gasteiger partial charge is 0.468 e. The summed E-state index contributed by atoms with van der Waals surface area (Å²) < 4.78 is 4.67. The molecule has 1 rings (SSSR count). The summed E-state index contributed by atoms with van der Waals surface area (Å²) in [5, 5.41) is 3.18. The second kappa shape index (κ2) is 4.58. The van der Waals surface area contributed by atoms with Crippen LogP contribution in [-0.2, 0) is 9.53 Å². The molecule has 1 N–H and O–H groups in total. The maximum absolute atomic E-state index is 11.1. The predicted octanol–water partition coefficient (Wildman–Crippen LogP) is -0.158. The lowest BCUT2D eigenvalue weighted by Gasteiger charge is -2.32. The van der Waals surface area contributed by atoms with Crippen LogP contribution in [0, 0.1) is 0 Å². The quantitative estimate of drug-likeness (QED) is 0.609. The number of nitrogens with zero attached hydrogens (tertiary/aromatic N) is 1. The zero-order valence-corrected chi connectivity index (χ0v) is 8.54. The fraction of sp³-hybridized carbons (Fsp3) is 0.889. The normalized spacial score (nSPS) is 28.9. The molecule has 0 spiro atoms. The second-order valence-electron chi connectivity index (χ2n) is 3.68. The molecule has 1 aliphatic heterocycles. The van der Waals surface area contributed by atoms with Gasteiger partial charge in [-0.15, -0.1) is 0 Å². The highest BCUT2D eigenvalue weighted by Gasteiger charge is 2.26. The van der Waals surface area contributed by atoms with Gasteiger partial charge in [-0.2, -0.15) is 0 Å². The first-order valence-electron chi connectivity index (χ1n) is 4.62. The Labute approximate surface area is 79.2 Å². The number of likely N-dealkylation sites (N-methyl/N-ethyl adjacent to an activating group) is 1. The Balaban J connectivity index is 2.34. The molecule has 13 heavy (non-hydrogen) atoms. The lowest BCUT2D eigenvalue weighted by atomic mass is 10.0. The summed E-state index contributed by atoms with van der Waals surface area (Å²) in [7, 11) is 5.55. The van der Waals surface area contributed by atoms with Crippen LogP contribution in [0.3, 0.4) is 0 Å². The summed E-state index contributed by atoms with van der Waals surface area (Å²) >= 11 is 0. The third-order valence-electron chi connectivity index (χ3n) is 2.60. The third-order valence-corrected chi connectivity index (χ3v) is 2.60. The van der Waals surface area contributed by atoms with Crippen molar-refractivity contribution in [3.05, 3.63) is 0 Å². The Bertz CT molecular complexity index is 174. The fourth-order valence-electron chi connectivity index (χ4n) is 1.63. The number of piperidine rings is 1. The molecule has 1 heterocycles. The van der Waals surface area contributed by atoms with Crippen LogP contribution in [0.2, 0.25) is 0 Å². The second-order valence-corrected chi connectivity index (χ2v) is 3.68. The number of carbonyl (C=O) groups is 1. The number of ether oxygens (including phenoxy) is 1. The zero-order valence-electron chi connectivity index (χ0n) is 8.54. The van der Waals surface area contributed by atoms with Crippen LogP contribution in [0.25, 0.3) is 0 Å². The van der Waals surface area contributed by atoms with E-state index in [9.17, 15) is 4.79 Å². The molecule has 4 heteroatoms. The summed E-state index contributed by atoms with van der Waals surface area (Å²) in [6.45, 7) is 0.868. The van der Waals surface area contributed by atoms with Gasteiger partial charge in [-0.1, -0.05) is 0 Å². The van der Waals surface area contributed by atoms with Gasteiger partial charge in [0.1, 0.15) is 6.04 Å². The van der Waals surface area contributed by atoms with Crippen molar-refractivity contribution in [2.24, 2.45) is 0 Å². The van der Waals surface area contributed by atoms with Crippen LogP contribution in [-0.4, -0.2) is 50.7 Å². The van der Waals surface area contributed by atoms with Gasteiger partial charge in [-0.3, -0.25) is 4.79 Å². The Kier molecular flexibility index (Phi) is 3.69. The molecule has 0 aromatic heterocycles. The molecule has 0 bridgehead atoms. The lowest BCUT2D eigenvalue weighted by Crippen LogP contribution is -2.50. The minimum Gasteiger partial charge on any atom is -0.468 e. The van der Waals surface area contributed by atoms with Crippen molar-refractivity contribution in [1.29, 1.82) is 0 Å². The van der Waals surface area contributed by atoms with E-state index in [1.807, 2.05) is 0 Å². The molecule has 2 atom stereocenters. The minimum absolute atomic E-state index is 0.0961. The molecular weight excluding hydrogens is 168 g/mol. The Hall–Kier alpha value is -0.610. The van der Waals surface area contributed by atoms with Crippen molar-refractivity contribution in [3.8, 4) is 0 Å². The van der Waals surface area contributed by atoms with E-state index in [1.165, 1.54) is 7.11 Å². The number of esters is 1. The SMILES string of the molecule is COC(=O)C1CCC(N(C)C)CN1. The minimum atomic E-state index is -0.141. The molecule has 2 unspecified atom stereocenters. The van der Waals surface area contributed by atoms with E-state index in [1.54, 1.807) is 0 Å². The van der Waals surface area contributed by atoms with Gasteiger partial charge in [0.25, 0.3) is 0 Å². The van der Waals surface area contributed by atoms with E-state index in [2.05, 4.69) is 29.0 Å². The van der Waals surface area contributed by atoms with Crippen molar-refractivity contribution in [2.45, 2.75) is 24.9 Å². The van der Waals surface area contributed by atoms with Gasteiger partial charge in [0, 0.05) is 12.6 Å². The summed E-state index contributed by atoms with van der Waals surface area (Å²) in [6, 6.07) is 0.446. The van der Waals surface area contributed by atoms with Crippen LogP contribution in [0.5, 0.6) is 0 Å². The first kappa shape index (κ1) is 10.5. The zero-order chi connectivity index (χ0) is 9.84. The van der Waals surface area contributed by atoms with Gasteiger partial charge >= 0.3 is 5.97 Å². The molecule has 0 radical (unpaired) electrons. The maximum Gasteiger partial charge on any atom is 0.322 e. The monoisotopic (exact) mass is 186 g/mol. The van der Waals surface area contributed by atoms with Crippen molar-refractivity contribution < 1.29 is 9.53 Å². The highest BCUT2D eigenvalue weighted by atomic mass is 16.5. The van der Waals surface area contributed by atoms with E-state index in [4.69, 9.17) is 0 Å². The number of methoxy groups -OCH3 is 1. The molecule has 76 valence electrons. The van der Waals surface area contributed by atoms with Crippen molar-refractivity contribution in [1.82, 2.24) is 10.2 Å². The number of rotatable bonds is 2. The number of hydrogen-bond donors (Lipinski definition) is 1. The molecule has 0 amide bonds. The van der Waals surface area contributed by atoms with Gasteiger partial charge in [0.2, 0.25) is 0 Å². The standard InChI is InChI=1S/C9H18N2O2/c1-11(2)7-4-5-8(10-6-7)9(12)13-3/h7-8,10H,4-6H2,1-3H3. The van der Waals surface area contributed by atoms with Gasteiger partial charge in [-0.25, -0.2) is 0 Å². The van der Waals surface area contributed by atoms with Crippen LogP contribution < -0.4 is 5.32 Å². The van der Waals surface area contributed by atoms with E-state index in [0.29, 0.717) is 6.04 Å². The molecule has 0 saturated carbocycles. The highest BCUT2D eigenvalue weighted by Crippen LogP contribution is 2.12. The molecular formula is C9H18N2O2. The fourth-order valence-corrected chi connectivity index (χ4v) is 1.63. The topological polar surface area (TPSA) is 41.6 Å². The van der Waals surface area contributed by atoms with E-state index < -0.39 is 0 Å². The maximum atomic E-state index is 11.1. The number of carbonyl (C=O) groups excluding carboxylic acids is 1. The van der Waals surface area contributed by atoms with E-state index in [-0.39, 0.29) is 12.0 Å². The van der Waals surface area contributed by atoms with E-state index in [0.717, 1.165) is 19.4 Å². The Morgan fingerprint density at radius 3 is 2.54 bits per heavy atom. The van der Waals surface area contributed by atoms with Gasteiger partial charge in [0.15, 0.2) is 0 Å². The molecule has 0 aromatic rings. The molecule has 1 saturated heterocycles. The summed E-state index contributed by atoms with van der Waals surface area (Å²) in [6.07, 6.45) is 1.93. The molecule has 1 fully saturated rings. The molecule has 1 aliphatic rings. The van der Waals surface area contributed by atoms with Crippen molar-refractivity contribution in [3.63, 3.8) is 0 Å². The van der Waals surface area contributed by atoms with E-state index >= 15 is 0 Å². The molecule has 0 aliphatic carbocycles. The summed E-state index contributed by atoms with van der Waals surface area (Å²) in [4.78, 5) is 13.3. The lowest BCUT2D eigenvalue weighted by molar-refractivity contribution is -0.144. The highest BCUT2D eigenvalue weighted by molar-refractivity contribution is 5.75. The first-order valence-corrected chi connectivity index (χ1v) is 4.62. The van der Waals surface area contributed by atoms with Gasteiger partial charge in [0.05, 0.1) is 7.11 Å². The Morgan fingerprint density at radius 1 is 1.46 bits per heavy atom. The van der Waals surface area contributed by atoms with Gasteiger partial charge < -0.3 is 15.0 Å². The van der Waals surface area contributed by atoms with Crippen molar-refractivity contribution >= 4 is 5.97 Å². The number of hydrogen-bond acceptors (Lipinski definition) is 4. The molecule has 0 aromatic carbocycles. The van der Waals surface area contributed by atoms with Crippen molar-refractivity contribution in [2.75, 3.05) is 27.7 Å². The summed E-state index contributed by atoms with van der Waals surface area (Å²) in [5.41, 5.74) is 0. The smallest absolute Gasteiger partial charge is 0.322 e. The predicted molar refractivity (Wildman–Crippen MR) is 50.5 cm³/mol. The van der Waals surface area contributed by atoms with Crippen LogP contribution >= 0.6 is 0 Å².